The molecule has 4 fully saturated rings. The number of hydrogen-bond acceptors (Lipinski definition) is 10. The second-order valence-corrected chi connectivity index (χ2v) is 18.1. The molecule has 3 amide bonds. The lowest BCUT2D eigenvalue weighted by molar-refractivity contribution is -0.164. The molecule has 3 aliphatic heterocycles. The molecule has 308 valence electrons. The maximum Gasteiger partial charge on any atom is 0.275 e. The highest BCUT2D eigenvalue weighted by molar-refractivity contribution is 6.31. The summed E-state index contributed by atoms with van der Waals surface area (Å²) in [5.74, 6) is 0.293. The van der Waals surface area contributed by atoms with Crippen LogP contribution in [-0.4, -0.2) is 90.4 Å². The highest BCUT2D eigenvalue weighted by Crippen LogP contribution is 2.55. The van der Waals surface area contributed by atoms with Gasteiger partial charge in [-0.1, -0.05) is 39.3 Å². The van der Waals surface area contributed by atoms with E-state index in [4.69, 9.17) is 16.3 Å². The van der Waals surface area contributed by atoms with E-state index in [-0.39, 0.29) is 53.2 Å². The molecule has 0 spiro atoms. The van der Waals surface area contributed by atoms with Gasteiger partial charge in [-0.15, -0.1) is 0 Å². The molecule has 1 aliphatic carbocycles. The number of nitrogens with one attached hydrogen (secondary N) is 2. The summed E-state index contributed by atoms with van der Waals surface area (Å²) in [5.41, 5.74) is 2.21. The van der Waals surface area contributed by atoms with E-state index in [0.29, 0.717) is 33.2 Å². The molecule has 2 N–H and O–H groups in total. The Morgan fingerprint density at radius 1 is 0.932 bits per heavy atom. The van der Waals surface area contributed by atoms with E-state index in [0.717, 1.165) is 75.4 Å². The van der Waals surface area contributed by atoms with Gasteiger partial charge in [0.25, 0.3) is 17.4 Å². The summed E-state index contributed by atoms with van der Waals surface area (Å²) in [6.45, 7) is 15.2. The standard InChI is InChI=1S/C45H51ClN8O5/c1-44(2)42(45(3,4)43(44)59-34-11-7-30(25-47)36(46)24-34)50-39(56)29-5-8-32(9-6-29)53-18-16-28(27-53)15-17-51-19-21-52(22-20-51)33-10-12-35-31(23-33)26-48-54(41(35)58)37-13-14-38(55)49-40(37)57/h5-12,23-24,26,28,37,42-43H,13-22,27H2,1-4H3,(H,50,56)(H,49,55,57)/t28?,37-,42?,43?/m0/s1. The molecule has 3 aromatic carbocycles. The van der Waals surface area contributed by atoms with Crippen molar-refractivity contribution in [3.63, 3.8) is 0 Å². The molecule has 4 aliphatic rings. The van der Waals surface area contributed by atoms with Crippen molar-refractivity contribution in [1.29, 1.82) is 5.26 Å². The van der Waals surface area contributed by atoms with E-state index in [1.54, 1.807) is 24.4 Å². The average molecular weight is 819 g/mol. The van der Waals surface area contributed by atoms with Crippen LogP contribution in [0.1, 0.15) is 75.3 Å². The number of amides is 3. The molecule has 0 bridgehead atoms. The Morgan fingerprint density at radius 3 is 2.36 bits per heavy atom. The molecule has 1 aromatic heterocycles. The minimum absolute atomic E-state index is 0.101. The summed E-state index contributed by atoms with van der Waals surface area (Å²) in [7, 11) is 0. The van der Waals surface area contributed by atoms with E-state index < -0.39 is 11.9 Å². The molecule has 8 rings (SSSR count). The fraction of sp³-hybridized carbons (Fsp3) is 0.467. The first kappa shape index (κ1) is 40.3. The van der Waals surface area contributed by atoms with Crippen LogP contribution >= 0.6 is 11.6 Å². The number of anilines is 2. The molecule has 14 heteroatoms. The number of hydrogen-bond donors (Lipinski definition) is 2. The summed E-state index contributed by atoms with van der Waals surface area (Å²) in [6, 6.07) is 20.0. The molecule has 3 saturated heterocycles. The van der Waals surface area contributed by atoms with Gasteiger partial charge in [-0.05, 0) is 86.3 Å². The number of piperidine rings is 1. The highest BCUT2D eigenvalue weighted by atomic mass is 35.5. The van der Waals surface area contributed by atoms with Crippen molar-refractivity contribution >= 4 is 51.5 Å². The lowest BCUT2D eigenvalue weighted by atomic mass is 9.49. The number of carbonyl (C=O) groups is 3. The van der Waals surface area contributed by atoms with Crippen molar-refractivity contribution in [2.45, 2.75) is 71.6 Å². The number of benzene rings is 3. The van der Waals surface area contributed by atoms with Gasteiger partial charge in [0.1, 0.15) is 24.0 Å². The van der Waals surface area contributed by atoms with E-state index in [2.05, 4.69) is 76.3 Å². The van der Waals surface area contributed by atoms with E-state index >= 15 is 0 Å². The molecular formula is C45H51ClN8O5. The molecular weight excluding hydrogens is 768 g/mol. The summed E-state index contributed by atoms with van der Waals surface area (Å²) in [4.78, 5) is 58.0. The average Bonchev–Trinajstić information content (AvgIpc) is 3.71. The molecule has 2 atom stereocenters. The van der Waals surface area contributed by atoms with Gasteiger partial charge in [-0.3, -0.25) is 29.4 Å². The number of imide groups is 1. The molecule has 1 unspecified atom stereocenters. The summed E-state index contributed by atoms with van der Waals surface area (Å²) in [6.07, 6.45) is 4.19. The minimum Gasteiger partial charge on any atom is -0.489 e. The largest absolute Gasteiger partial charge is 0.489 e. The van der Waals surface area contributed by atoms with Crippen molar-refractivity contribution in [3.05, 3.63) is 93.4 Å². The first-order chi connectivity index (χ1) is 28.2. The Labute approximate surface area is 349 Å². The van der Waals surface area contributed by atoms with E-state index in [1.807, 2.05) is 30.3 Å². The lowest BCUT2D eigenvalue weighted by Gasteiger charge is -2.63. The van der Waals surface area contributed by atoms with Crippen LogP contribution < -0.4 is 30.7 Å². The number of fused-ring (bicyclic) bond motifs is 1. The van der Waals surface area contributed by atoms with Crippen LogP contribution in [0.4, 0.5) is 11.4 Å². The zero-order valence-electron chi connectivity index (χ0n) is 34.0. The van der Waals surface area contributed by atoms with Crippen molar-refractivity contribution in [3.8, 4) is 11.8 Å². The number of piperazine rings is 1. The Morgan fingerprint density at radius 2 is 1.66 bits per heavy atom. The third-order valence-corrected chi connectivity index (χ3v) is 13.4. The predicted molar refractivity (Wildman–Crippen MR) is 227 cm³/mol. The maximum absolute atomic E-state index is 13.5. The zero-order valence-corrected chi connectivity index (χ0v) is 34.8. The quantitative estimate of drug-likeness (QED) is 0.195. The van der Waals surface area contributed by atoms with Gasteiger partial charge in [0.15, 0.2) is 0 Å². The number of nitriles is 1. The fourth-order valence-corrected chi connectivity index (χ4v) is 10.2. The van der Waals surface area contributed by atoms with Crippen molar-refractivity contribution in [2.24, 2.45) is 16.7 Å². The Bertz CT molecular complexity index is 2370. The first-order valence-corrected chi connectivity index (χ1v) is 21.0. The number of nitrogens with zero attached hydrogens (tertiary/aromatic N) is 6. The maximum atomic E-state index is 13.5. The molecule has 4 aromatic rings. The van der Waals surface area contributed by atoms with Gasteiger partial charge < -0.3 is 19.9 Å². The Hall–Kier alpha value is -5.45. The Balaban J connectivity index is 0.790. The van der Waals surface area contributed by atoms with Gasteiger partial charge in [0.2, 0.25) is 5.91 Å². The van der Waals surface area contributed by atoms with Crippen LogP contribution in [0.5, 0.6) is 5.75 Å². The van der Waals surface area contributed by atoms with Gasteiger partial charge >= 0.3 is 0 Å². The topological polar surface area (TPSA) is 153 Å². The monoisotopic (exact) mass is 818 g/mol. The fourth-order valence-electron chi connectivity index (χ4n) is 10.0. The van der Waals surface area contributed by atoms with E-state index in [1.165, 1.54) is 4.68 Å². The molecule has 0 radical (unpaired) electrons. The van der Waals surface area contributed by atoms with Crippen LogP contribution in [0.2, 0.25) is 5.02 Å². The molecule has 4 heterocycles. The minimum atomic E-state index is -0.781. The van der Waals surface area contributed by atoms with Crippen molar-refractivity contribution in [1.82, 2.24) is 25.3 Å². The van der Waals surface area contributed by atoms with Gasteiger partial charge in [-0.25, -0.2) is 4.68 Å². The molecule has 13 nitrogen and oxygen atoms in total. The predicted octanol–water partition coefficient (Wildman–Crippen LogP) is 5.55. The van der Waals surface area contributed by atoms with Crippen molar-refractivity contribution < 1.29 is 19.1 Å². The first-order valence-electron chi connectivity index (χ1n) is 20.6. The summed E-state index contributed by atoms with van der Waals surface area (Å²) >= 11 is 6.26. The summed E-state index contributed by atoms with van der Waals surface area (Å²) < 4.78 is 7.59. The van der Waals surface area contributed by atoms with E-state index in [9.17, 15) is 24.4 Å². The number of carbonyl (C=O) groups excluding carboxylic acids is 3. The normalized spacial score (nSPS) is 24.0. The second-order valence-electron chi connectivity index (χ2n) is 17.7. The van der Waals surface area contributed by atoms with Crippen LogP contribution in [0.25, 0.3) is 10.8 Å². The molecule has 1 saturated carbocycles. The van der Waals surface area contributed by atoms with Crippen LogP contribution in [0.15, 0.2) is 71.7 Å². The number of aromatic nitrogens is 2. The molecule has 59 heavy (non-hydrogen) atoms. The van der Waals surface area contributed by atoms with Gasteiger partial charge in [-0.2, -0.15) is 10.4 Å². The highest BCUT2D eigenvalue weighted by Gasteiger charge is 2.64. The SMILES string of the molecule is CC1(C)C(NC(=O)c2ccc(N3CCC(CCN4CCN(c5ccc6c(=O)n([C@H]7CCC(=O)NC7=O)ncc6c5)CC4)C3)cc2)C(C)(C)C1Oc1ccc(C#N)c(Cl)c1. The van der Waals surface area contributed by atoms with Gasteiger partial charge in [0.05, 0.1) is 22.2 Å². The van der Waals surface area contributed by atoms with Crippen LogP contribution in [-0.2, 0) is 9.59 Å². The summed E-state index contributed by atoms with van der Waals surface area (Å²) in [5, 5.41) is 20.7. The second kappa shape index (κ2) is 16.0. The van der Waals surface area contributed by atoms with Gasteiger partial charge in [0, 0.05) is 91.0 Å². The third kappa shape index (κ3) is 7.88. The van der Waals surface area contributed by atoms with Crippen LogP contribution in [0, 0.1) is 28.1 Å². The van der Waals surface area contributed by atoms with Crippen LogP contribution in [0.3, 0.4) is 0 Å². The van der Waals surface area contributed by atoms with Crippen molar-refractivity contribution in [2.75, 3.05) is 55.6 Å². The number of halogens is 1. The third-order valence-electron chi connectivity index (χ3n) is 13.1. The number of ether oxygens (including phenoxy) is 1. The lowest BCUT2D eigenvalue weighted by Crippen LogP contribution is -2.74. The zero-order chi connectivity index (χ0) is 41.6. The Kier molecular flexibility index (Phi) is 10.9. The smallest absolute Gasteiger partial charge is 0.275 e. The number of rotatable bonds is 10.